The van der Waals surface area contributed by atoms with Crippen molar-refractivity contribution in [3.8, 4) is 0 Å². The molecule has 3 heterocycles. The van der Waals surface area contributed by atoms with Gasteiger partial charge in [-0.25, -0.2) is 15.8 Å². The van der Waals surface area contributed by atoms with Gasteiger partial charge >= 0.3 is 0 Å². The summed E-state index contributed by atoms with van der Waals surface area (Å²) in [6, 6.07) is 2.36. The number of fused-ring (bicyclic) bond motifs is 1. The zero-order valence-electron chi connectivity index (χ0n) is 11.7. The van der Waals surface area contributed by atoms with Crippen molar-refractivity contribution in [2.45, 2.75) is 31.6 Å². The van der Waals surface area contributed by atoms with E-state index in [0.29, 0.717) is 24.3 Å². The second-order valence-corrected chi connectivity index (χ2v) is 5.29. The Morgan fingerprint density at radius 1 is 1.55 bits per heavy atom. The second kappa shape index (κ2) is 6.01. The van der Waals surface area contributed by atoms with Crippen LogP contribution in [0.2, 0.25) is 0 Å². The molecule has 0 saturated carbocycles. The molecule has 20 heavy (non-hydrogen) atoms. The number of anilines is 1. The Bertz CT molecular complexity index is 470. The first-order valence-corrected chi connectivity index (χ1v) is 6.99. The van der Waals surface area contributed by atoms with Crippen molar-refractivity contribution in [2.75, 3.05) is 32.2 Å². The molecular formula is C13H21N5O2. The maximum absolute atomic E-state index is 5.93. The molecule has 0 aromatic carbocycles. The number of morpholine rings is 1. The first kappa shape index (κ1) is 13.7. The van der Waals surface area contributed by atoms with Crippen molar-refractivity contribution < 1.29 is 9.47 Å². The maximum Gasteiger partial charge on any atom is 0.161 e. The van der Waals surface area contributed by atoms with Crippen molar-refractivity contribution >= 4 is 5.82 Å². The molecule has 2 unspecified atom stereocenters. The van der Waals surface area contributed by atoms with Crippen LogP contribution in [0.4, 0.5) is 5.82 Å². The SMILES string of the molecule is COCc1cc(NN)nc(C2CN3CCCC3CO2)n1. The van der Waals surface area contributed by atoms with Gasteiger partial charge in [0.1, 0.15) is 11.9 Å². The molecule has 7 heteroatoms. The zero-order chi connectivity index (χ0) is 13.9. The van der Waals surface area contributed by atoms with Crippen LogP contribution >= 0.6 is 0 Å². The highest BCUT2D eigenvalue weighted by molar-refractivity contribution is 5.34. The monoisotopic (exact) mass is 279 g/mol. The van der Waals surface area contributed by atoms with Gasteiger partial charge in [-0.15, -0.1) is 0 Å². The summed E-state index contributed by atoms with van der Waals surface area (Å²) in [5, 5.41) is 0. The van der Waals surface area contributed by atoms with Gasteiger partial charge in [0.05, 0.1) is 18.9 Å². The van der Waals surface area contributed by atoms with Crippen molar-refractivity contribution in [1.29, 1.82) is 0 Å². The molecule has 2 saturated heterocycles. The number of hydrogen-bond donors (Lipinski definition) is 2. The highest BCUT2D eigenvalue weighted by Crippen LogP contribution is 2.29. The fourth-order valence-electron chi connectivity index (χ4n) is 2.93. The summed E-state index contributed by atoms with van der Waals surface area (Å²) in [6.45, 7) is 3.19. The van der Waals surface area contributed by atoms with Gasteiger partial charge in [-0.2, -0.15) is 0 Å². The number of rotatable bonds is 4. The number of aromatic nitrogens is 2. The van der Waals surface area contributed by atoms with Crippen molar-refractivity contribution in [3.05, 3.63) is 17.6 Å². The topological polar surface area (TPSA) is 85.5 Å². The van der Waals surface area contributed by atoms with Crippen LogP contribution in [0.3, 0.4) is 0 Å². The van der Waals surface area contributed by atoms with Gasteiger partial charge in [0, 0.05) is 25.8 Å². The Labute approximate surface area is 118 Å². The van der Waals surface area contributed by atoms with E-state index >= 15 is 0 Å². The molecule has 110 valence electrons. The van der Waals surface area contributed by atoms with E-state index in [1.165, 1.54) is 12.8 Å². The van der Waals surface area contributed by atoms with Crippen LogP contribution in [0.1, 0.15) is 30.5 Å². The lowest BCUT2D eigenvalue weighted by Gasteiger charge is -2.34. The van der Waals surface area contributed by atoms with E-state index in [2.05, 4.69) is 20.3 Å². The third kappa shape index (κ3) is 2.76. The van der Waals surface area contributed by atoms with Crippen LogP contribution < -0.4 is 11.3 Å². The largest absolute Gasteiger partial charge is 0.378 e. The normalized spacial score (nSPS) is 26.5. The lowest BCUT2D eigenvalue weighted by molar-refractivity contribution is -0.0542. The summed E-state index contributed by atoms with van der Waals surface area (Å²) >= 11 is 0. The van der Waals surface area contributed by atoms with Crippen LogP contribution in [0.15, 0.2) is 6.07 Å². The van der Waals surface area contributed by atoms with E-state index < -0.39 is 0 Å². The van der Waals surface area contributed by atoms with Crippen LogP contribution in [0.25, 0.3) is 0 Å². The van der Waals surface area contributed by atoms with Gasteiger partial charge in [-0.1, -0.05) is 0 Å². The van der Waals surface area contributed by atoms with Gasteiger partial charge in [0.25, 0.3) is 0 Å². The highest BCUT2D eigenvalue weighted by atomic mass is 16.5. The Hall–Kier alpha value is -1.28. The number of methoxy groups -OCH3 is 1. The minimum absolute atomic E-state index is 0.0896. The molecule has 3 N–H and O–H groups in total. The molecule has 2 atom stereocenters. The summed E-state index contributed by atoms with van der Waals surface area (Å²) < 4.78 is 11.1. The lowest BCUT2D eigenvalue weighted by atomic mass is 10.2. The summed E-state index contributed by atoms with van der Waals surface area (Å²) in [4.78, 5) is 11.4. The Morgan fingerprint density at radius 3 is 3.25 bits per heavy atom. The van der Waals surface area contributed by atoms with Crippen molar-refractivity contribution in [3.63, 3.8) is 0 Å². The smallest absolute Gasteiger partial charge is 0.161 e. The lowest BCUT2D eigenvalue weighted by Crippen LogP contribution is -2.43. The molecule has 0 spiro atoms. The molecule has 7 nitrogen and oxygen atoms in total. The molecular weight excluding hydrogens is 258 g/mol. The van der Waals surface area contributed by atoms with E-state index in [1.54, 1.807) is 13.2 Å². The highest BCUT2D eigenvalue weighted by Gasteiger charge is 2.34. The predicted molar refractivity (Wildman–Crippen MR) is 73.8 cm³/mol. The molecule has 1 aromatic rings. The first-order chi connectivity index (χ1) is 9.80. The fraction of sp³-hybridized carbons (Fsp3) is 0.692. The van der Waals surface area contributed by atoms with Crippen molar-refractivity contribution in [2.24, 2.45) is 5.84 Å². The van der Waals surface area contributed by atoms with E-state index in [1.807, 2.05) is 0 Å². The molecule has 0 aliphatic carbocycles. The first-order valence-electron chi connectivity index (χ1n) is 6.99. The average Bonchev–Trinajstić information content (AvgIpc) is 2.94. The number of hydrazine groups is 1. The van der Waals surface area contributed by atoms with Gasteiger partial charge in [0.2, 0.25) is 0 Å². The summed E-state index contributed by atoms with van der Waals surface area (Å²) in [5.41, 5.74) is 3.38. The van der Waals surface area contributed by atoms with Crippen LogP contribution in [0.5, 0.6) is 0 Å². The van der Waals surface area contributed by atoms with Crippen LogP contribution in [-0.4, -0.2) is 47.7 Å². The van der Waals surface area contributed by atoms with Gasteiger partial charge in [0.15, 0.2) is 5.82 Å². The van der Waals surface area contributed by atoms with E-state index in [4.69, 9.17) is 15.3 Å². The number of ether oxygens (including phenoxy) is 2. The number of nitrogens with one attached hydrogen (secondary N) is 1. The average molecular weight is 279 g/mol. The standard InChI is InChI=1S/C13H21N5O2/c1-19-7-9-5-12(17-14)16-13(15-9)11-6-18-4-2-3-10(18)8-20-11/h5,10-11H,2-4,6-8,14H2,1H3,(H,15,16,17). The third-order valence-corrected chi connectivity index (χ3v) is 3.91. The van der Waals surface area contributed by atoms with Gasteiger partial charge in [-0.3, -0.25) is 4.90 Å². The third-order valence-electron chi connectivity index (χ3n) is 3.91. The molecule has 0 radical (unpaired) electrons. The van der Waals surface area contributed by atoms with Gasteiger partial charge in [-0.05, 0) is 19.4 Å². The number of nitrogens with zero attached hydrogens (tertiary/aromatic N) is 3. The summed E-state index contributed by atoms with van der Waals surface area (Å²) in [6.07, 6.45) is 2.39. The Balaban J connectivity index is 1.79. The zero-order valence-corrected chi connectivity index (χ0v) is 11.7. The number of nitrogens with two attached hydrogens (primary N) is 1. The quantitative estimate of drug-likeness (QED) is 0.611. The molecule has 2 aliphatic heterocycles. The van der Waals surface area contributed by atoms with Crippen LogP contribution in [0, 0.1) is 0 Å². The molecule has 1 aromatic heterocycles. The molecule has 3 rings (SSSR count). The predicted octanol–water partition coefficient (Wildman–Crippen LogP) is 0.444. The van der Waals surface area contributed by atoms with E-state index in [-0.39, 0.29) is 6.10 Å². The maximum atomic E-state index is 5.93. The minimum Gasteiger partial charge on any atom is -0.378 e. The minimum atomic E-state index is -0.0896. The van der Waals surface area contributed by atoms with E-state index in [0.717, 1.165) is 25.4 Å². The van der Waals surface area contributed by atoms with Gasteiger partial charge < -0.3 is 14.9 Å². The van der Waals surface area contributed by atoms with Crippen molar-refractivity contribution in [1.82, 2.24) is 14.9 Å². The second-order valence-electron chi connectivity index (χ2n) is 5.29. The molecule has 2 fully saturated rings. The summed E-state index contributed by atoms with van der Waals surface area (Å²) in [7, 11) is 1.64. The number of hydrogen-bond acceptors (Lipinski definition) is 7. The molecule has 0 bridgehead atoms. The Morgan fingerprint density at radius 2 is 2.45 bits per heavy atom. The van der Waals surface area contributed by atoms with Crippen LogP contribution in [-0.2, 0) is 16.1 Å². The Kier molecular flexibility index (Phi) is 4.11. The van der Waals surface area contributed by atoms with E-state index in [9.17, 15) is 0 Å². The molecule has 2 aliphatic rings. The summed E-state index contributed by atoms with van der Waals surface area (Å²) in [5.74, 6) is 6.74. The molecule has 0 amide bonds. The fourth-order valence-corrected chi connectivity index (χ4v) is 2.93. The number of nitrogen functional groups attached to an aromatic ring is 1.